The molecule has 0 bridgehead atoms. The molecule has 1 aliphatic heterocycles. The van der Waals surface area contributed by atoms with Crippen molar-refractivity contribution in [2.75, 3.05) is 0 Å². The molecule has 1 heterocycles. The van der Waals surface area contributed by atoms with Crippen LogP contribution in [0.1, 0.15) is 31.1 Å². The molecule has 1 fully saturated rings. The molecule has 4 heteroatoms. The minimum atomic E-state index is -0.266. The van der Waals surface area contributed by atoms with E-state index in [1.54, 1.807) is 12.1 Å². The monoisotopic (exact) mass is 326 g/mol. The zero-order valence-electron chi connectivity index (χ0n) is 11.4. The molecule has 0 aromatic heterocycles. The van der Waals surface area contributed by atoms with Crippen LogP contribution in [0.15, 0.2) is 30.3 Å². The molecule has 0 saturated carbocycles. The minimum Gasteiger partial charge on any atom is -0.458 e. The summed E-state index contributed by atoms with van der Waals surface area (Å²) in [4.78, 5) is 12.1. The predicted octanol–water partition coefficient (Wildman–Crippen LogP) is 3.62. The van der Waals surface area contributed by atoms with Crippen molar-refractivity contribution in [2.45, 2.75) is 38.0 Å². The second kappa shape index (κ2) is 6.06. The van der Waals surface area contributed by atoms with Crippen molar-refractivity contribution in [1.82, 2.24) is 0 Å². The van der Waals surface area contributed by atoms with Gasteiger partial charge in [0.2, 0.25) is 0 Å². The molecule has 1 aromatic carbocycles. The number of benzene rings is 1. The highest BCUT2D eigenvalue weighted by Gasteiger charge is 2.40. The molecule has 5 atom stereocenters. The van der Waals surface area contributed by atoms with Gasteiger partial charge in [0.1, 0.15) is 11.1 Å². The standard InChI is InChI=1S/C15H19BrO3/c1-9-11(3)18-14(16)10(2)13(9)19-15(17)12-7-5-4-6-8-12/h4-11,13-14H,1-3H3/t9-,10+,11+,13-,14?/m1/s1. The van der Waals surface area contributed by atoms with E-state index in [-0.39, 0.29) is 35.0 Å². The fourth-order valence-corrected chi connectivity index (χ4v) is 2.97. The lowest BCUT2D eigenvalue weighted by Crippen LogP contribution is -2.47. The summed E-state index contributed by atoms with van der Waals surface area (Å²) in [5.41, 5.74) is 0.590. The van der Waals surface area contributed by atoms with Crippen LogP contribution >= 0.6 is 15.9 Å². The van der Waals surface area contributed by atoms with Crippen LogP contribution in [0, 0.1) is 11.8 Å². The summed E-state index contributed by atoms with van der Waals surface area (Å²) < 4.78 is 11.4. The number of alkyl halides is 1. The summed E-state index contributed by atoms with van der Waals surface area (Å²) in [6.07, 6.45) is -0.0741. The Bertz CT molecular complexity index is 420. The Morgan fingerprint density at radius 3 is 2.42 bits per heavy atom. The second-order valence-corrected chi connectivity index (χ2v) is 6.05. The highest BCUT2D eigenvalue weighted by atomic mass is 79.9. The molecule has 2 rings (SSSR count). The third-order valence-electron chi connectivity index (χ3n) is 3.79. The topological polar surface area (TPSA) is 35.5 Å². The van der Waals surface area contributed by atoms with Crippen molar-refractivity contribution in [3.05, 3.63) is 35.9 Å². The van der Waals surface area contributed by atoms with Gasteiger partial charge in [0.25, 0.3) is 0 Å². The Balaban J connectivity index is 2.10. The molecule has 3 nitrogen and oxygen atoms in total. The number of carbonyl (C=O) groups is 1. The molecule has 0 spiro atoms. The fourth-order valence-electron chi connectivity index (χ4n) is 2.33. The lowest BCUT2D eigenvalue weighted by molar-refractivity contribution is -0.126. The summed E-state index contributed by atoms with van der Waals surface area (Å²) in [5, 5.41) is -0.0766. The maximum absolute atomic E-state index is 12.1. The van der Waals surface area contributed by atoms with Crippen molar-refractivity contribution >= 4 is 21.9 Å². The van der Waals surface area contributed by atoms with E-state index in [1.807, 2.05) is 32.0 Å². The van der Waals surface area contributed by atoms with Crippen molar-refractivity contribution in [1.29, 1.82) is 0 Å². The van der Waals surface area contributed by atoms with E-state index in [0.717, 1.165) is 0 Å². The molecule has 0 radical (unpaired) electrons. The third kappa shape index (κ3) is 3.18. The number of carbonyl (C=O) groups excluding carboxylic acids is 1. The maximum Gasteiger partial charge on any atom is 0.338 e. The Hall–Kier alpha value is -0.870. The Morgan fingerprint density at radius 2 is 1.79 bits per heavy atom. The molecular weight excluding hydrogens is 308 g/mol. The number of halogens is 1. The van der Waals surface area contributed by atoms with Crippen LogP contribution in [0.4, 0.5) is 0 Å². The van der Waals surface area contributed by atoms with Crippen molar-refractivity contribution < 1.29 is 14.3 Å². The van der Waals surface area contributed by atoms with Gasteiger partial charge < -0.3 is 9.47 Å². The summed E-state index contributed by atoms with van der Waals surface area (Å²) in [5.74, 6) is 0.0356. The Morgan fingerprint density at radius 1 is 1.16 bits per heavy atom. The zero-order chi connectivity index (χ0) is 14.0. The molecule has 0 N–H and O–H groups in total. The number of hydrogen-bond acceptors (Lipinski definition) is 3. The van der Waals surface area contributed by atoms with Crippen molar-refractivity contribution in [3.63, 3.8) is 0 Å². The van der Waals surface area contributed by atoms with E-state index in [2.05, 4.69) is 22.9 Å². The highest BCUT2D eigenvalue weighted by Crippen LogP contribution is 2.35. The van der Waals surface area contributed by atoms with Gasteiger partial charge in [0, 0.05) is 11.8 Å². The smallest absolute Gasteiger partial charge is 0.338 e. The first-order valence-electron chi connectivity index (χ1n) is 6.56. The first kappa shape index (κ1) is 14.5. The minimum absolute atomic E-state index is 0.0640. The SMILES string of the molecule is C[C@H]1[C@@H](OC(=O)c2ccccc2)[C@H](C)C(Br)O[C@H]1C. The Kier molecular flexibility index (Phi) is 4.63. The summed E-state index contributed by atoms with van der Waals surface area (Å²) in [6, 6.07) is 9.10. The van der Waals surface area contributed by atoms with Gasteiger partial charge in [-0.2, -0.15) is 0 Å². The lowest BCUT2D eigenvalue weighted by atomic mass is 9.87. The molecule has 0 amide bonds. The second-order valence-electron chi connectivity index (χ2n) is 5.15. The van der Waals surface area contributed by atoms with Gasteiger partial charge in [0.15, 0.2) is 0 Å². The summed E-state index contributed by atoms with van der Waals surface area (Å²) in [7, 11) is 0. The van der Waals surface area contributed by atoms with Gasteiger partial charge in [-0.15, -0.1) is 0 Å². The third-order valence-corrected chi connectivity index (χ3v) is 4.84. The lowest BCUT2D eigenvalue weighted by Gasteiger charge is -2.41. The van der Waals surface area contributed by atoms with Crippen molar-refractivity contribution in [2.24, 2.45) is 11.8 Å². The predicted molar refractivity (Wildman–Crippen MR) is 77.2 cm³/mol. The molecule has 104 valence electrons. The van der Waals surface area contributed by atoms with E-state index in [9.17, 15) is 4.79 Å². The first-order chi connectivity index (χ1) is 9.00. The molecule has 19 heavy (non-hydrogen) atoms. The summed E-state index contributed by atoms with van der Waals surface area (Å²) >= 11 is 3.49. The van der Waals surface area contributed by atoms with E-state index in [0.29, 0.717) is 5.56 Å². The largest absolute Gasteiger partial charge is 0.458 e. The average molecular weight is 327 g/mol. The van der Waals surface area contributed by atoms with E-state index in [1.165, 1.54) is 0 Å². The number of hydrogen-bond donors (Lipinski definition) is 0. The van der Waals surface area contributed by atoms with Gasteiger partial charge in [-0.1, -0.05) is 48.0 Å². The van der Waals surface area contributed by atoms with Crippen molar-refractivity contribution in [3.8, 4) is 0 Å². The van der Waals surface area contributed by atoms with E-state index >= 15 is 0 Å². The fraction of sp³-hybridized carbons (Fsp3) is 0.533. The molecule has 1 aromatic rings. The average Bonchev–Trinajstić information content (AvgIpc) is 2.42. The van der Waals surface area contributed by atoms with Crippen LogP contribution in [0.3, 0.4) is 0 Å². The van der Waals surface area contributed by atoms with Crippen LogP contribution in [-0.4, -0.2) is 23.2 Å². The van der Waals surface area contributed by atoms with Gasteiger partial charge in [-0.3, -0.25) is 0 Å². The van der Waals surface area contributed by atoms with Gasteiger partial charge in [-0.25, -0.2) is 4.79 Å². The number of esters is 1. The van der Waals surface area contributed by atoms with Gasteiger partial charge in [-0.05, 0) is 19.1 Å². The van der Waals surface area contributed by atoms with Gasteiger partial charge in [0.05, 0.1) is 11.7 Å². The highest BCUT2D eigenvalue weighted by molar-refractivity contribution is 9.09. The van der Waals surface area contributed by atoms with Crippen LogP contribution in [0.25, 0.3) is 0 Å². The van der Waals surface area contributed by atoms with Crippen LogP contribution in [0.2, 0.25) is 0 Å². The number of rotatable bonds is 2. The maximum atomic E-state index is 12.1. The quantitative estimate of drug-likeness (QED) is 0.615. The summed E-state index contributed by atoms with van der Waals surface area (Å²) in [6.45, 7) is 6.10. The van der Waals surface area contributed by atoms with E-state index < -0.39 is 0 Å². The first-order valence-corrected chi connectivity index (χ1v) is 7.48. The van der Waals surface area contributed by atoms with Crippen LogP contribution < -0.4 is 0 Å². The molecule has 1 aliphatic rings. The van der Waals surface area contributed by atoms with E-state index in [4.69, 9.17) is 9.47 Å². The van der Waals surface area contributed by atoms with Crippen LogP contribution in [0.5, 0.6) is 0 Å². The van der Waals surface area contributed by atoms with Gasteiger partial charge >= 0.3 is 5.97 Å². The molecular formula is C15H19BrO3. The normalized spacial score (nSPS) is 34.8. The number of ether oxygens (including phenoxy) is 2. The molecule has 1 unspecified atom stereocenters. The van der Waals surface area contributed by atoms with Crippen LogP contribution in [-0.2, 0) is 9.47 Å². The Labute approximate surface area is 122 Å². The molecule has 0 aliphatic carbocycles. The molecule has 1 saturated heterocycles. The zero-order valence-corrected chi connectivity index (χ0v) is 13.0.